The first kappa shape index (κ1) is 14.6. The van der Waals surface area contributed by atoms with E-state index in [0.29, 0.717) is 19.4 Å². The van der Waals surface area contributed by atoms with Gasteiger partial charge in [0.2, 0.25) is 10.9 Å². The number of aromatic nitrogens is 4. The van der Waals surface area contributed by atoms with E-state index in [-0.39, 0.29) is 5.91 Å². The molecule has 0 aliphatic heterocycles. The Bertz CT molecular complexity index is 733. The highest BCUT2D eigenvalue weighted by Gasteiger charge is 2.06. The van der Waals surface area contributed by atoms with Crippen LogP contribution >= 0.6 is 11.3 Å². The normalized spacial score (nSPS) is 11.0. The van der Waals surface area contributed by atoms with Gasteiger partial charge in [0, 0.05) is 19.4 Å². The van der Waals surface area contributed by atoms with Gasteiger partial charge < -0.3 is 5.32 Å². The van der Waals surface area contributed by atoms with Crippen molar-refractivity contribution in [2.75, 3.05) is 6.54 Å². The van der Waals surface area contributed by atoms with Crippen LogP contribution in [0.3, 0.4) is 0 Å². The number of carbonyl (C=O) groups is 1. The van der Waals surface area contributed by atoms with Crippen LogP contribution in [0, 0.1) is 6.92 Å². The predicted molar refractivity (Wildman–Crippen MR) is 84.9 cm³/mol. The third-order valence-corrected chi connectivity index (χ3v) is 4.32. The topological polar surface area (TPSA) is 72.2 Å². The largest absolute Gasteiger partial charge is 0.356 e. The molecule has 0 unspecified atom stereocenters. The Morgan fingerprint density at radius 1 is 1.27 bits per heavy atom. The minimum atomic E-state index is 0.0728. The van der Waals surface area contributed by atoms with Crippen molar-refractivity contribution in [1.82, 2.24) is 25.1 Å². The molecule has 1 amide bonds. The first-order valence-corrected chi connectivity index (χ1v) is 8.00. The number of hydrogen-bond donors (Lipinski definition) is 1. The third kappa shape index (κ3) is 3.67. The zero-order valence-electron chi connectivity index (χ0n) is 12.3. The Kier molecular flexibility index (Phi) is 4.43. The SMILES string of the molecule is Cc1ccc(CCC(=O)NCCc2nn3cnnc3s2)cc1. The van der Waals surface area contributed by atoms with Gasteiger partial charge in [0.25, 0.3) is 0 Å². The van der Waals surface area contributed by atoms with Crippen molar-refractivity contribution in [3.63, 3.8) is 0 Å². The van der Waals surface area contributed by atoms with Crippen molar-refractivity contribution in [3.8, 4) is 0 Å². The molecule has 0 radical (unpaired) electrons. The van der Waals surface area contributed by atoms with Crippen molar-refractivity contribution >= 4 is 22.2 Å². The summed E-state index contributed by atoms with van der Waals surface area (Å²) >= 11 is 1.49. The molecular weight excluding hydrogens is 298 g/mol. The molecule has 0 spiro atoms. The van der Waals surface area contributed by atoms with E-state index in [0.717, 1.165) is 16.4 Å². The van der Waals surface area contributed by atoms with Crippen LogP contribution in [0.1, 0.15) is 22.6 Å². The molecule has 0 saturated carbocycles. The molecule has 22 heavy (non-hydrogen) atoms. The van der Waals surface area contributed by atoms with E-state index in [1.165, 1.54) is 22.5 Å². The maximum absolute atomic E-state index is 11.8. The van der Waals surface area contributed by atoms with Gasteiger partial charge in [-0.05, 0) is 18.9 Å². The minimum Gasteiger partial charge on any atom is -0.356 e. The van der Waals surface area contributed by atoms with Gasteiger partial charge in [-0.25, -0.2) is 0 Å². The Hall–Kier alpha value is -2.28. The number of rotatable bonds is 6. The molecule has 6 nitrogen and oxygen atoms in total. The van der Waals surface area contributed by atoms with Crippen LogP contribution in [0.4, 0.5) is 0 Å². The van der Waals surface area contributed by atoms with E-state index < -0.39 is 0 Å². The Morgan fingerprint density at radius 3 is 2.86 bits per heavy atom. The molecule has 1 N–H and O–H groups in total. The smallest absolute Gasteiger partial charge is 0.234 e. The van der Waals surface area contributed by atoms with Crippen molar-refractivity contribution in [3.05, 3.63) is 46.7 Å². The predicted octanol–water partition coefficient (Wildman–Crippen LogP) is 1.79. The molecule has 3 aromatic rings. The number of fused-ring (bicyclic) bond motifs is 1. The molecule has 0 fully saturated rings. The van der Waals surface area contributed by atoms with E-state index in [1.54, 1.807) is 10.8 Å². The molecule has 0 bridgehead atoms. The van der Waals surface area contributed by atoms with E-state index >= 15 is 0 Å². The summed E-state index contributed by atoms with van der Waals surface area (Å²) < 4.78 is 1.65. The third-order valence-electron chi connectivity index (χ3n) is 3.35. The number of amides is 1. The first-order chi connectivity index (χ1) is 10.7. The summed E-state index contributed by atoms with van der Waals surface area (Å²) in [7, 11) is 0. The lowest BCUT2D eigenvalue weighted by atomic mass is 10.1. The molecule has 2 aromatic heterocycles. The summed E-state index contributed by atoms with van der Waals surface area (Å²) in [6.07, 6.45) is 3.57. The van der Waals surface area contributed by atoms with Gasteiger partial charge in [0.1, 0.15) is 11.3 Å². The molecule has 0 aliphatic rings. The van der Waals surface area contributed by atoms with Crippen molar-refractivity contribution in [2.45, 2.75) is 26.2 Å². The fourth-order valence-corrected chi connectivity index (χ4v) is 2.93. The average molecular weight is 315 g/mol. The fraction of sp³-hybridized carbons (Fsp3) is 0.333. The summed E-state index contributed by atoms with van der Waals surface area (Å²) in [4.78, 5) is 12.6. The second-order valence-corrected chi connectivity index (χ2v) is 6.18. The molecule has 7 heteroatoms. The lowest BCUT2D eigenvalue weighted by Gasteiger charge is -2.04. The number of nitrogens with zero attached hydrogens (tertiary/aromatic N) is 4. The quantitative estimate of drug-likeness (QED) is 0.752. The van der Waals surface area contributed by atoms with Gasteiger partial charge in [-0.1, -0.05) is 41.2 Å². The van der Waals surface area contributed by atoms with Gasteiger partial charge in [0.15, 0.2) is 0 Å². The van der Waals surface area contributed by atoms with E-state index in [4.69, 9.17) is 0 Å². The number of nitrogens with one attached hydrogen (secondary N) is 1. The van der Waals surface area contributed by atoms with Crippen LogP contribution in [0.15, 0.2) is 30.6 Å². The number of benzene rings is 1. The highest BCUT2D eigenvalue weighted by molar-refractivity contribution is 7.16. The molecule has 0 saturated heterocycles. The van der Waals surface area contributed by atoms with Crippen LogP contribution in [0.5, 0.6) is 0 Å². The fourth-order valence-electron chi connectivity index (χ4n) is 2.11. The van der Waals surface area contributed by atoms with Crippen molar-refractivity contribution < 1.29 is 4.79 Å². The number of hydrogen-bond acceptors (Lipinski definition) is 5. The Balaban J connectivity index is 1.40. The summed E-state index contributed by atoms with van der Waals surface area (Å²) in [5.74, 6) is 0.0728. The maximum atomic E-state index is 11.8. The molecule has 3 rings (SSSR count). The van der Waals surface area contributed by atoms with Crippen LogP contribution in [0.2, 0.25) is 0 Å². The number of carbonyl (C=O) groups excluding carboxylic acids is 1. The minimum absolute atomic E-state index is 0.0728. The molecule has 0 aliphatic carbocycles. The molecule has 0 atom stereocenters. The zero-order valence-corrected chi connectivity index (χ0v) is 13.1. The van der Waals surface area contributed by atoms with Crippen LogP contribution < -0.4 is 5.32 Å². The average Bonchev–Trinajstić information content (AvgIpc) is 3.08. The summed E-state index contributed by atoms with van der Waals surface area (Å²) in [5, 5.41) is 15.9. The molecule has 1 aromatic carbocycles. The highest BCUT2D eigenvalue weighted by atomic mass is 32.1. The summed E-state index contributed by atoms with van der Waals surface area (Å²) in [6, 6.07) is 8.28. The molecule has 114 valence electrons. The van der Waals surface area contributed by atoms with Crippen molar-refractivity contribution in [1.29, 1.82) is 0 Å². The zero-order chi connectivity index (χ0) is 15.4. The second-order valence-electron chi connectivity index (χ2n) is 5.14. The molecule has 2 heterocycles. The Labute approximate surface area is 132 Å². The monoisotopic (exact) mass is 315 g/mol. The van der Waals surface area contributed by atoms with Crippen molar-refractivity contribution in [2.24, 2.45) is 0 Å². The second kappa shape index (κ2) is 6.65. The van der Waals surface area contributed by atoms with Crippen LogP contribution in [-0.4, -0.2) is 32.3 Å². The van der Waals surface area contributed by atoms with Crippen LogP contribution in [-0.2, 0) is 17.6 Å². The van der Waals surface area contributed by atoms with Gasteiger partial charge in [-0.15, -0.1) is 10.2 Å². The summed E-state index contributed by atoms with van der Waals surface area (Å²) in [6.45, 7) is 2.65. The first-order valence-electron chi connectivity index (χ1n) is 7.19. The van der Waals surface area contributed by atoms with Gasteiger partial charge in [-0.3, -0.25) is 4.79 Å². The van der Waals surface area contributed by atoms with Gasteiger partial charge in [0.05, 0.1) is 0 Å². The maximum Gasteiger partial charge on any atom is 0.234 e. The lowest BCUT2D eigenvalue weighted by molar-refractivity contribution is -0.121. The van der Waals surface area contributed by atoms with Crippen LogP contribution in [0.25, 0.3) is 4.96 Å². The van der Waals surface area contributed by atoms with Gasteiger partial charge in [-0.2, -0.15) is 9.61 Å². The van der Waals surface area contributed by atoms with E-state index in [1.807, 2.05) is 0 Å². The van der Waals surface area contributed by atoms with E-state index in [2.05, 4.69) is 51.8 Å². The Morgan fingerprint density at radius 2 is 2.09 bits per heavy atom. The standard InChI is InChI=1S/C15H17N5OS/c1-11-2-4-12(5-3-11)6-7-13(21)16-9-8-14-19-20-10-17-18-15(20)22-14/h2-5,10H,6-9H2,1H3,(H,16,21). The lowest BCUT2D eigenvalue weighted by Crippen LogP contribution is -2.25. The van der Waals surface area contributed by atoms with E-state index in [9.17, 15) is 4.79 Å². The van der Waals surface area contributed by atoms with Gasteiger partial charge >= 0.3 is 0 Å². The number of aryl methyl sites for hydroxylation is 2. The summed E-state index contributed by atoms with van der Waals surface area (Å²) in [5.41, 5.74) is 2.42. The molecular formula is C15H17N5OS. The highest BCUT2D eigenvalue weighted by Crippen LogP contribution is 2.11.